The molecule has 84 valence electrons. The Labute approximate surface area is 94.8 Å². The number of nitrogens with one attached hydrogen (secondary N) is 1. The van der Waals surface area contributed by atoms with Crippen molar-refractivity contribution in [2.75, 3.05) is 0 Å². The monoisotopic (exact) mass is 217 g/mol. The number of benzene rings is 1. The molecule has 0 saturated carbocycles. The average molecular weight is 217 g/mol. The third-order valence-corrected chi connectivity index (χ3v) is 2.96. The number of carbonyl (C=O) groups is 1. The third-order valence-electron chi connectivity index (χ3n) is 2.96. The smallest absolute Gasteiger partial charge is 0.229 e. The van der Waals surface area contributed by atoms with Crippen molar-refractivity contribution in [3.8, 4) is 0 Å². The highest BCUT2D eigenvalue weighted by Gasteiger charge is 2.38. The van der Waals surface area contributed by atoms with Crippen LogP contribution in [0.25, 0.3) is 0 Å². The van der Waals surface area contributed by atoms with Crippen LogP contribution in [0.1, 0.15) is 5.56 Å². The fourth-order valence-corrected chi connectivity index (χ4v) is 2.06. The molecule has 0 spiro atoms. The topological polar surface area (TPSA) is 49.3 Å². The second-order valence-corrected chi connectivity index (χ2v) is 4.06. The Morgan fingerprint density at radius 1 is 1.38 bits per heavy atom. The van der Waals surface area contributed by atoms with Crippen molar-refractivity contribution < 1.29 is 9.90 Å². The molecule has 2 rings (SSSR count). The molecule has 0 aliphatic carbocycles. The second-order valence-electron chi connectivity index (χ2n) is 4.06. The zero-order valence-electron chi connectivity index (χ0n) is 8.97. The molecule has 1 aromatic rings. The maximum atomic E-state index is 11.5. The van der Waals surface area contributed by atoms with Crippen molar-refractivity contribution in [2.45, 2.75) is 18.6 Å². The summed E-state index contributed by atoms with van der Waals surface area (Å²) in [6, 6.07) is 9.60. The molecule has 2 N–H and O–H groups in total. The van der Waals surface area contributed by atoms with Gasteiger partial charge in [0.15, 0.2) is 0 Å². The summed E-state index contributed by atoms with van der Waals surface area (Å²) in [5, 5.41) is 12.7. The summed E-state index contributed by atoms with van der Waals surface area (Å²) in [5.41, 5.74) is 1.11. The first-order valence-electron chi connectivity index (χ1n) is 5.37. The number of aliphatic hydroxyl groups excluding tert-OH is 1. The van der Waals surface area contributed by atoms with Gasteiger partial charge in [-0.15, -0.1) is 6.58 Å². The predicted octanol–water partition coefficient (Wildman–Crippen LogP) is 0.891. The molecule has 3 heteroatoms. The number of aliphatic hydroxyl groups is 1. The van der Waals surface area contributed by atoms with Gasteiger partial charge in [-0.2, -0.15) is 0 Å². The van der Waals surface area contributed by atoms with Crippen LogP contribution >= 0.6 is 0 Å². The van der Waals surface area contributed by atoms with Crippen LogP contribution in [0.15, 0.2) is 43.0 Å². The number of amides is 1. The minimum atomic E-state index is -0.676. The largest absolute Gasteiger partial charge is 0.390 e. The Morgan fingerprint density at radius 2 is 2.06 bits per heavy atom. The predicted molar refractivity (Wildman–Crippen MR) is 61.8 cm³/mol. The molecule has 1 aromatic carbocycles. The van der Waals surface area contributed by atoms with E-state index in [-0.39, 0.29) is 11.9 Å². The Kier molecular flexibility index (Phi) is 3.06. The van der Waals surface area contributed by atoms with Crippen LogP contribution in [0.3, 0.4) is 0 Å². The van der Waals surface area contributed by atoms with Crippen molar-refractivity contribution in [3.63, 3.8) is 0 Å². The number of carbonyl (C=O) groups excluding carboxylic acids is 1. The van der Waals surface area contributed by atoms with E-state index in [0.29, 0.717) is 6.42 Å². The van der Waals surface area contributed by atoms with E-state index in [1.165, 1.54) is 6.08 Å². The van der Waals surface area contributed by atoms with Gasteiger partial charge in [-0.25, -0.2) is 0 Å². The third kappa shape index (κ3) is 1.99. The standard InChI is InChI=1S/C13H15NO2/c1-2-10-12(15)11(14-13(10)16)8-9-6-4-3-5-7-9/h2-7,10-12,15H,1,8H2,(H,14,16)/t10?,11-,12?/m0/s1. The SMILES string of the molecule is C=CC1C(=O)N[C@@H](Cc2ccccc2)C1O. The Bertz CT molecular complexity index is 388. The summed E-state index contributed by atoms with van der Waals surface area (Å²) in [6.07, 6.45) is 1.48. The molecule has 1 aliphatic heterocycles. The quantitative estimate of drug-likeness (QED) is 0.739. The zero-order chi connectivity index (χ0) is 11.5. The van der Waals surface area contributed by atoms with Gasteiger partial charge in [0.2, 0.25) is 5.91 Å². The molecular formula is C13H15NO2. The van der Waals surface area contributed by atoms with E-state index in [4.69, 9.17) is 0 Å². The maximum Gasteiger partial charge on any atom is 0.229 e. The van der Waals surface area contributed by atoms with Gasteiger partial charge >= 0.3 is 0 Å². The first-order chi connectivity index (χ1) is 7.72. The normalized spacial score (nSPS) is 28.8. The van der Waals surface area contributed by atoms with Crippen molar-refractivity contribution in [3.05, 3.63) is 48.6 Å². The van der Waals surface area contributed by atoms with Gasteiger partial charge in [0, 0.05) is 0 Å². The molecule has 1 heterocycles. The molecule has 2 unspecified atom stereocenters. The number of hydrogen-bond acceptors (Lipinski definition) is 2. The second kappa shape index (κ2) is 4.49. The first-order valence-corrected chi connectivity index (χ1v) is 5.37. The Balaban J connectivity index is 2.07. The fourth-order valence-electron chi connectivity index (χ4n) is 2.06. The van der Waals surface area contributed by atoms with Gasteiger partial charge in [0.05, 0.1) is 18.1 Å². The van der Waals surface area contributed by atoms with Crippen LogP contribution in [0.2, 0.25) is 0 Å². The van der Waals surface area contributed by atoms with Crippen molar-refractivity contribution in [2.24, 2.45) is 5.92 Å². The van der Waals surface area contributed by atoms with Gasteiger partial charge in [-0.05, 0) is 12.0 Å². The van der Waals surface area contributed by atoms with E-state index < -0.39 is 12.0 Å². The van der Waals surface area contributed by atoms with Gasteiger partial charge in [-0.1, -0.05) is 36.4 Å². The van der Waals surface area contributed by atoms with Crippen LogP contribution in [-0.4, -0.2) is 23.2 Å². The summed E-state index contributed by atoms with van der Waals surface area (Å²) in [5.74, 6) is -0.614. The molecule has 3 nitrogen and oxygen atoms in total. The molecular weight excluding hydrogens is 202 g/mol. The zero-order valence-corrected chi connectivity index (χ0v) is 8.97. The van der Waals surface area contributed by atoms with Crippen LogP contribution < -0.4 is 5.32 Å². The van der Waals surface area contributed by atoms with Gasteiger partial charge < -0.3 is 10.4 Å². The molecule has 1 fully saturated rings. The average Bonchev–Trinajstić information content (AvgIpc) is 2.55. The lowest BCUT2D eigenvalue weighted by Gasteiger charge is -2.15. The number of hydrogen-bond donors (Lipinski definition) is 2. The highest BCUT2D eigenvalue weighted by Crippen LogP contribution is 2.20. The molecule has 1 aliphatic rings. The van der Waals surface area contributed by atoms with Crippen LogP contribution in [-0.2, 0) is 11.2 Å². The molecule has 16 heavy (non-hydrogen) atoms. The van der Waals surface area contributed by atoms with E-state index >= 15 is 0 Å². The van der Waals surface area contributed by atoms with E-state index in [0.717, 1.165) is 5.56 Å². The van der Waals surface area contributed by atoms with E-state index in [1.807, 2.05) is 30.3 Å². The minimum Gasteiger partial charge on any atom is -0.390 e. The van der Waals surface area contributed by atoms with Gasteiger partial charge in [0.25, 0.3) is 0 Å². The lowest BCUT2D eigenvalue weighted by Crippen LogP contribution is -2.33. The molecule has 1 saturated heterocycles. The molecule has 1 amide bonds. The summed E-state index contributed by atoms with van der Waals surface area (Å²) in [7, 11) is 0. The first kappa shape index (κ1) is 10.9. The molecule has 0 bridgehead atoms. The Morgan fingerprint density at radius 3 is 2.62 bits per heavy atom. The van der Waals surface area contributed by atoms with Gasteiger partial charge in [-0.3, -0.25) is 4.79 Å². The van der Waals surface area contributed by atoms with Crippen LogP contribution in [0, 0.1) is 5.92 Å². The lowest BCUT2D eigenvalue weighted by atomic mass is 9.97. The highest BCUT2D eigenvalue weighted by molar-refractivity contribution is 5.84. The minimum absolute atomic E-state index is 0.136. The van der Waals surface area contributed by atoms with Crippen molar-refractivity contribution in [1.29, 1.82) is 0 Å². The number of rotatable bonds is 3. The van der Waals surface area contributed by atoms with Crippen LogP contribution in [0.5, 0.6) is 0 Å². The molecule has 0 aromatic heterocycles. The van der Waals surface area contributed by atoms with E-state index in [9.17, 15) is 9.90 Å². The summed E-state index contributed by atoms with van der Waals surface area (Å²) < 4.78 is 0. The van der Waals surface area contributed by atoms with Crippen LogP contribution in [0.4, 0.5) is 0 Å². The molecule has 0 radical (unpaired) electrons. The van der Waals surface area contributed by atoms with Crippen molar-refractivity contribution >= 4 is 5.91 Å². The van der Waals surface area contributed by atoms with Crippen molar-refractivity contribution in [1.82, 2.24) is 5.32 Å². The highest BCUT2D eigenvalue weighted by atomic mass is 16.3. The summed E-state index contributed by atoms with van der Waals surface area (Å²) in [6.45, 7) is 3.56. The maximum absolute atomic E-state index is 11.5. The van der Waals surface area contributed by atoms with E-state index in [2.05, 4.69) is 11.9 Å². The summed E-state index contributed by atoms with van der Waals surface area (Å²) in [4.78, 5) is 11.5. The molecule has 3 atom stereocenters. The van der Waals surface area contributed by atoms with Gasteiger partial charge in [0.1, 0.15) is 0 Å². The van der Waals surface area contributed by atoms with E-state index in [1.54, 1.807) is 0 Å². The fraction of sp³-hybridized carbons (Fsp3) is 0.308. The Hall–Kier alpha value is -1.61. The lowest BCUT2D eigenvalue weighted by molar-refractivity contribution is -0.122. The summed E-state index contributed by atoms with van der Waals surface area (Å²) >= 11 is 0.